The van der Waals surface area contributed by atoms with Gasteiger partial charge in [-0.1, -0.05) is 57.7 Å². The highest BCUT2D eigenvalue weighted by Crippen LogP contribution is 2.43. The first-order valence-electron chi connectivity index (χ1n) is 13.6. The van der Waals surface area contributed by atoms with Crippen molar-refractivity contribution in [2.45, 2.75) is 96.3 Å². The number of hydrogen-bond donors (Lipinski definition) is 0. The molecule has 0 spiro atoms. The molecule has 32 heavy (non-hydrogen) atoms. The van der Waals surface area contributed by atoms with E-state index < -0.39 is 0 Å². The van der Waals surface area contributed by atoms with E-state index in [0.29, 0.717) is 23.9 Å². The zero-order chi connectivity index (χ0) is 23.1. The van der Waals surface area contributed by atoms with Crippen LogP contribution in [0.2, 0.25) is 0 Å². The topological polar surface area (TPSA) is 3.88 Å². The van der Waals surface area contributed by atoms with Crippen molar-refractivity contribution in [3.63, 3.8) is 0 Å². The molecule has 1 aromatic heterocycles. The molecule has 2 saturated carbocycles. The van der Waals surface area contributed by atoms with Gasteiger partial charge in [-0.05, 0) is 96.6 Å². The first-order valence-corrected chi connectivity index (χ1v) is 13.1. The molecule has 0 aliphatic heterocycles. The maximum Gasteiger partial charge on any atom is 0.220 e. The average molecular weight is 428 g/mol. The molecule has 0 saturated heterocycles. The van der Waals surface area contributed by atoms with Gasteiger partial charge in [-0.25, -0.2) is 4.57 Å². The lowest BCUT2D eigenvalue weighted by atomic mass is 9.83. The summed E-state index contributed by atoms with van der Waals surface area (Å²) in [6.07, 6.45) is 12.5. The lowest BCUT2D eigenvalue weighted by Gasteiger charge is -2.21. The van der Waals surface area contributed by atoms with E-state index in [4.69, 9.17) is 1.37 Å². The Kier molecular flexibility index (Phi) is 5.76. The van der Waals surface area contributed by atoms with Crippen LogP contribution in [-0.2, 0) is 7.05 Å². The molecule has 3 aromatic rings. The van der Waals surface area contributed by atoms with E-state index in [2.05, 4.69) is 68.8 Å². The largest absolute Gasteiger partial charge is 0.220 e. The molecule has 5 rings (SSSR count). The molecule has 2 aromatic carbocycles. The van der Waals surface area contributed by atoms with Gasteiger partial charge >= 0.3 is 0 Å². The van der Waals surface area contributed by atoms with Crippen LogP contribution in [0.3, 0.4) is 0 Å². The van der Waals surface area contributed by atoms with Gasteiger partial charge in [0.25, 0.3) is 0 Å². The van der Waals surface area contributed by atoms with Gasteiger partial charge in [0.05, 0.1) is 10.9 Å². The quantitative estimate of drug-likeness (QED) is 0.359. The summed E-state index contributed by atoms with van der Waals surface area (Å²) >= 11 is 0. The zero-order valence-electron chi connectivity index (χ0n) is 21.5. The Morgan fingerprint density at radius 2 is 1.66 bits per heavy atom. The Bertz CT molecular complexity index is 1170. The van der Waals surface area contributed by atoms with Gasteiger partial charge < -0.3 is 0 Å². The Hall–Kier alpha value is -2.15. The van der Waals surface area contributed by atoms with Crippen molar-refractivity contribution >= 4 is 10.8 Å². The van der Waals surface area contributed by atoms with Gasteiger partial charge in [-0.2, -0.15) is 0 Å². The maximum absolute atomic E-state index is 8.79. The van der Waals surface area contributed by atoms with Crippen LogP contribution in [0.4, 0.5) is 0 Å². The van der Waals surface area contributed by atoms with Gasteiger partial charge in [0.1, 0.15) is 8.42 Å². The lowest BCUT2D eigenvalue weighted by Crippen LogP contribution is -2.31. The van der Waals surface area contributed by atoms with Crippen molar-refractivity contribution in [1.29, 1.82) is 0 Å². The second kappa shape index (κ2) is 9.00. The van der Waals surface area contributed by atoms with Crippen LogP contribution in [0.5, 0.6) is 0 Å². The number of fused-ring (bicyclic) bond motifs is 1. The Morgan fingerprint density at radius 3 is 2.34 bits per heavy atom. The molecule has 2 fully saturated rings. The van der Waals surface area contributed by atoms with E-state index >= 15 is 0 Å². The third kappa shape index (κ3) is 3.89. The number of rotatable bonds is 5. The number of hydrogen-bond acceptors (Lipinski definition) is 0. The molecule has 0 N–H and O–H groups in total. The molecule has 168 valence electrons. The van der Waals surface area contributed by atoms with Crippen molar-refractivity contribution in [3.05, 3.63) is 64.8 Å². The summed E-state index contributed by atoms with van der Waals surface area (Å²) in [5.74, 6) is 1.96. The third-order valence-electron chi connectivity index (χ3n) is 8.61. The zero-order valence-corrected chi connectivity index (χ0v) is 20.5. The Morgan fingerprint density at radius 1 is 0.969 bits per heavy atom. The molecule has 0 bridgehead atoms. The number of pyridine rings is 1. The normalized spacial score (nSPS) is 19.1. The molecular weight excluding hydrogens is 386 g/mol. The minimum atomic E-state index is 0.544. The van der Waals surface area contributed by atoms with Crippen molar-refractivity contribution in [2.75, 3.05) is 0 Å². The molecule has 2 aliphatic carbocycles. The van der Waals surface area contributed by atoms with E-state index in [1.165, 1.54) is 84.5 Å². The fourth-order valence-electron chi connectivity index (χ4n) is 6.36. The van der Waals surface area contributed by atoms with Crippen molar-refractivity contribution in [2.24, 2.45) is 7.05 Å². The van der Waals surface area contributed by atoms with Gasteiger partial charge in [0, 0.05) is 6.07 Å². The fraction of sp³-hybridized carbons (Fsp3) is 0.516. The molecule has 1 heteroatoms. The van der Waals surface area contributed by atoms with Gasteiger partial charge in [0.2, 0.25) is 5.69 Å². The van der Waals surface area contributed by atoms with Crippen LogP contribution < -0.4 is 4.57 Å². The molecule has 1 unspecified atom stereocenters. The van der Waals surface area contributed by atoms with Crippen molar-refractivity contribution in [3.8, 4) is 11.3 Å². The summed E-state index contributed by atoms with van der Waals surface area (Å²) in [5.41, 5.74) is 8.55. The highest BCUT2D eigenvalue weighted by molar-refractivity contribution is 5.94. The van der Waals surface area contributed by atoms with Gasteiger partial charge in [-0.15, -0.1) is 0 Å². The lowest BCUT2D eigenvalue weighted by molar-refractivity contribution is -0.659. The van der Waals surface area contributed by atoms with E-state index in [9.17, 15) is 0 Å². The molecule has 1 atom stereocenters. The van der Waals surface area contributed by atoms with E-state index in [1.807, 2.05) is 0 Å². The van der Waals surface area contributed by atoms with Crippen molar-refractivity contribution < 1.29 is 5.94 Å². The van der Waals surface area contributed by atoms with Crippen LogP contribution in [0.15, 0.2) is 42.6 Å². The Labute approximate surface area is 196 Å². The summed E-state index contributed by atoms with van der Waals surface area (Å²) in [6.45, 7) is 6.90. The van der Waals surface area contributed by atoms with Crippen molar-refractivity contribution in [1.82, 2.24) is 0 Å². The van der Waals surface area contributed by atoms with Crippen LogP contribution in [0.1, 0.15) is 113 Å². The van der Waals surface area contributed by atoms with Crippen LogP contribution in [0, 0.1) is 6.92 Å². The SMILES string of the molecule is [2H]c1cc2cc(C(C)CC)ccc2c(-c2cc(C3CCCC3)cc(C3CCCC3)c2C)[n+]1C. The van der Waals surface area contributed by atoms with E-state index in [-0.39, 0.29) is 0 Å². The Balaban J connectivity index is 1.75. The third-order valence-corrected chi connectivity index (χ3v) is 8.61. The second-order valence-corrected chi connectivity index (χ2v) is 10.6. The first kappa shape index (κ1) is 20.5. The van der Waals surface area contributed by atoms with E-state index in [0.717, 1.165) is 6.42 Å². The predicted octanol–water partition coefficient (Wildman–Crippen LogP) is 8.47. The van der Waals surface area contributed by atoms with Crippen LogP contribution >= 0.6 is 0 Å². The minimum absolute atomic E-state index is 0.544. The van der Waals surface area contributed by atoms with Crippen LogP contribution in [0.25, 0.3) is 22.0 Å². The highest BCUT2D eigenvalue weighted by Gasteiger charge is 2.27. The number of nitrogens with zero attached hydrogens (tertiary/aromatic N) is 1. The highest BCUT2D eigenvalue weighted by atomic mass is 14.9. The summed E-state index contributed by atoms with van der Waals surface area (Å²) in [4.78, 5) is 0. The summed E-state index contributed by atoms with van der Waals surface area (Å²) < 4.78 is 10.9. The monoisotopic (exact) mass is 427 g/mol. The maximum atomic E-state index is 8.79. The minimum Gasteiger partial charge on any atom is -0.200 e. The number of aromatic nitrogens is 1. The molecule has 1 heterocycles. The summed E-state index contributed by atoms with van der Waals surface area (Å²) in [7, 11) is 2.08. The van der Waals surface area contributed by atoms with Gasteiger partial charge in [-0.3, -0.25) is 0 Å². The molecular formula is C31H40N+. The molecule has 0 amide bonds. The standard InChI is InChI=1S/C31H40N/c1-5-21(2)25-14-15-28-26(18-25)16-17-32(4)31(28)30-20-27(23-10-6-7-11-23)19-29(22(30)3)24-12-8-9-13-24/h14-21,23-24H,5-13H2,1-4H3/q+1/i17D. The molecule has 1 nitrogen and oxygen atoms in total. The summed E-state index contributed by atoms with van der Waals surface area (Å²) in [5, 5.41) is 2.49. The second-order valence-electron chi connectivity index (χ2n) is 10.6. The fourth-order valence-corrected chi connectivity index (χ4v) is 6.36. The molecule has 0 radical (unpaired) electrons. The smallest absolute Gasteiger partial charge is 0.200 e. The predicted molar refractivity (Wildman–Crippen MR) is 136 cm³/mol. The van der Waals surface area contributed by atoms with Crippen LogP contribution in [-0.4, -0.2) is 0 Å². The van der Waals surface area contributed by atoms with E-state index in [1.54, 1.807) is 11.1 Å². The average Bonchev–Trinajstić information content (AvgIpc) is 3.54. The molecule has 2 aliphatic rings. The first-order chi connectivity index (χ1) is 16.0. The van der Waals surface area contributed by atoms with Gasteiger partial charge in [0.15, 0.2) is 6.17 Å². The number of benzene rings is 2. The summed E-state index contributed by atoms with van der Waals surface area (Å²) in [6, 6.07) is 14.1.